The molecular weight excluding hydrogens is 384 g/mol. The molecule has 1 amide bonds. The Kier molecular flexibility index (Phi) is 6.68. The highest BCUT2D eigenvalue weighted by Gasteiger charge is 2.17. The lowest BCUT2D eigenvalue weighted by Crippen LogP contribution is -2.18. The summed E-state index contributed by atoms with van der Waals surface area (Å²) in [5.74, 6) is 0.351. The Morgan fingerprint density at radius 3 is 2.41 bits per heavy atom. The number of aromatic nitrogens is 2. The van der Waals surface area contributed by atoms with Crippen molar-refractivity contribution in [1.29, 1.82) is 0 Å². The van der Waals surface area contributed by atoms with Crippen molar-refractivity contribution in [2.45, 2.75) is 42.2 Å². The average molecular weight is 407 g/mol. The first-order valence-corrected chi connectivity index (χ1v) is 11.4. The normalized spacial score (nSPS) is 15.3. The van der Waals surface area contributed by atoms with Gasteiger partial charge in [0.15, 0.2) is 0 Å². The summed E-state index contributed by atoms with van der Waals surface area (Å²) in [5, 5.41) is 3.38. The molecule has 2 N–H and O–H groups in total. The smallest absolute Gasteiger partial charge is 0.264 e. The maximum Gasteiger partial charge on any atom is 0.264 e. The maximum atomic E-state index is 12.3. The van der Waals surface area contributed by atoms with E-state index in [-0.39, 0.29) is 16.8 Å². The van der Waals surface area contributed by atoms with Crippen LogP contribution in [0.25, 0.3) is 0 Å². The van der Waals surface area contributed by atoms with Crippen LogP contribution in [0.15, 0.2) is 47.6 Å². The largest absolute Gasteiger partial charge is 0.325 e. The van der Waals surface area contributed by atoms with Gasteiger partial charge in [0.2, 0.25) is 11.9 Å². The first-order valence-electron chi connectivity index (χ1n) is 8.84. The zero-order valence-corrected chi connectivity index (χ0v) is 16.4. The van der Waals surface area contributed by atoms with E-state index in [2.05, 4.69) is 20.0 Å². The molecule has 0 aliphatic heterocycles. The van der Waals surface area contributed by atoms with Gasteiger partial charge >= 0.3 is 0 Å². The topological polar surface area (TPSA) is 101 Å². The van der Waals surface area contributed by atoms with Gasteiger partial charge in [0.1, 0.15) is 0 Å². The molecule has 1 aliphatic rings. The van der Waals surface area contributed by atoms with Crippen LogP contribution in [0.3, 0.4) is 0 Å². The lowest BCUT2D eigenvalue weighted by atomic mass is 10.0. The van der Waals surface area contributed by atoms with Gasteiger partial charge in [-0.3, -0.25) is 4.79 Å². The van der Waals surface area contributed by atoms with E-state index in [1.807, 2.05) is 0 Å². The van der Waals surface area contributed by atoms with Crippen LogP contribution in [-0.4, -0.2) is 35.3 Å². The number of rotatable bonds is 7. The second-order valence-corrected chi connectivity index (χ2v) is 9.29. The lowest BCUT2D eigenvalue weighted by Gasteiger charge is -2.20. The van der Waals surface area contributed by atoms with E-state index in [9.17, 15) is 13.2 Å². The van der Waals surface area contributed by atoms with Crippen molar-refractivity contribution in [3.8, 4) is 0 Å². The molecule has 9 heteroatoms. The molecule has 27 heavy (non-hydrogen) atoms. The van der Waals surface area contributed by atoms with Crippen LogP contribution in [0, 0.1) is 0 Å². The number of thioether (sulfide) groups is 1. The van der Waals surface area contributed by atoms with E-state index >= 15 is 0 Å². The molecule has 1 aromatic carbocycles. The first-order chi connectivity index (χ1) is 13.0. The van der Waals surface area contributed by atoms with Crippen LogP contribution < -0.4 is 10.0 Å². The molecule has 144 valence electrons. The minimum absolute atomic E-state index is 0.00890. The third-order valence-electron chi connectivity index (χ3n) is 4.24. The van der Waals surface area contributed by atoms with Gasteiger partial charge in [0, 0.05) is 23.3 Å². The van der Waals surface area contributed by atoms with Gasteiger partial charge in [-0.25, -0.2) is 23.1 Å². The summed E-state index contributed by atoms with van der Waals surface area (Å²) in [6.45, 7) is 0. The molecule has 0 bridgehead atoms. The van der Waals surface area contributed by atoms with E-state index in [1.165, 1.54) is 56.6 Å². The summed E-state index contributed by atoms with van der Waals surface area (Å²) in [5.41, 5.74) is 0.569. The van der Waals surface area contributed by atoms with Crippen molar-refractivity contribution >= 4 is 39.3 Å². The van der Waals surface area contributed by atoms with Crippen molar-refractivity contribution in [3.63, 3.8) is 0 Å². The van der Waals surface area contributed by atoms with Gasteiger partial charge in [-0.15, -0.1) is 11.8 Å². The van der Waals surface area contributed by atoms with Crippen molar-refractivity contribution < 1.29 is 13.2 Å². The van der Waals surface area contributed by atoms with Crippen LogP contribution in [-0.2, 0) is 14.8 Å². The van der Waals surface area contributed by atoms with Gasteiger partial charge in [0.05, 0.1) is 10.6 Å². The summed E-state index contributed by atoms with van der Waals surface area (Å²) < 4.78 is 27.0. The number of sulfonamides is 1. The summed E-state index contributed by atoms with van der Waals surface area (Å²) in [6, 6.07) is 7.62. The second-order valence-electron chi connectivity index (χ2n) is 6.32. The number of nitrogens with zero attached hydrogens (tertiary/aromatic N) is 2. The molecule has 7 nitrogen and oxygen atoms in total. The van der Waals surface area contributed by atoms with Gasteiger partial charge in [0.25, 0.3) is 10.0 Å². The fraction of sp³-hybridized carbons (Fsp3) is 0.389. The molecule has 1 aliphatic carbocycles. The Bertz CT molecular complexity index is 852. The standard InChI is InChI=1S/C18H22N4O3S2/c23-17(13-26-15-5-2-1-3-6-15)21-14-7-9-16(10-8-14)27(24,25)22-18-19-11-4-12-20-18/h4,7-12,15H,1-3,5-6,13H2,(H,21,23)(H,19,20,22). The number of hydrogen-bond donors (Lipinski definition) is 2. The summed E-state index contributed by atoms with van der Waals surface area (Å²) in [7, 11) is -3.78. The fourth-order valence-electron chi connectivity index (χ4n) is 2.87. The van der Waals surface area contributed by atoms with Gasteiger partial charge in [-0.05, 0) is 43.2 Å². The monoisotopic (exact) mass is 406 g/mol. The molecule has 0 unspecified atom stereocenters. The number of carbonyl (C=O) groups is 1. The Morgan fingerprint density at radius 1 is 1.07 bits per heavy atom. The predicted octanol–water partition coefficient (Wildman–Crippen LogP) is 3.28. The maximum absolute atomic E-state index is 12.3. The molecule has 0 spiro atoms. The molecule has 2 aromatic rings. The molecule has 3 rings (SSSR count). The van der Waals surface area contributed by atoms with E-state index in [0.29, 0.717) is 16.7 Å². The Balaban J connectivity index is 1.54. The fourth-order valence-corrected chi connectivity index (χ4v) is 4.95. The quantitative estimate of drug-likeness (QED) is 0.732. The van der Waals surface area contributed by atoms with Crippen LogP contribution in [0.2, 0.25) is 0 Å². The Hall–Kier alpha value is -2.13. The number of nitrogens with one attached hydrogen (secondary N) is 2. The molecule has 1 saturated carbocycles. The third-order valence-corrected chi connectivity index (χ3v) is 6.96. The number of amides is 1. The second kappa shape index (κ2) is 9.18. The molecule has 0 radical (unpaired) electrons. The van der Waals surface area contributed by atoms with E-state index in [0.717, 1.165) is 0 Å². The average Bonchev–Trinajstić information content (AvgIpc) is 2.68. The molecule has 1 aromatic heterocycles. The van der Waals surface area contributed by atoms with Crippen LogP contribution in [0.1, 0.15) is 32.1 Å². The summed E-state index contributed by atoms with van der Waals surface area (Å²) in [6.07, 6.45) is 9.06. The van der Waals surface area contributed by atoms with Crippen molar-refractivity contribution in [1.82, 2.24) is 9.97 Å². The van der Waals surface area contributed by atoms with Crippen molar-refractivity contribution in [3.05, 3.63) is 42.7 Å². The minimum atomic E-state index is -3.78. The minimum Gasteiger partial charge on any atom is -0.325 e. The zero-order chi connectivity index (χ0) is 19.1. The van der Waals surface area contributed by atoms with Crippen LogP contribution in [0.5, 0.6) is 0 Å². The van der Waals surface area contributed by atoms with Gasteiger partial charge in [-0.2, -0.15) is 0 Å². The van der Waals surface area contributed by atoms with Gasteiger partial charge in [-0.1, -0.05) is 19.3 Å². The zero-order valence-electron chi connectivity index (χ0n) is 14.8. The highest BCUT2D eigenvalue weighted by Crippen LogP contribution is 2.28. The molecule has 1 heterocycles. The summed E-state index contributed by atoms with van der Waals surface area (Å²) >= 11 is 1.70. The molecule has 0 atom stereocenters. The number of anilines is 2. The molecule has 1 fully saturated rings. The molecule has 0 saturated heterocycles. The SMILES string of the molecule is O=C(CSC1CCCCC1)Nc1ccc(S(=O)(=O)Nc2ncccn2)cc1. The van der Waals surface area contributed by atoms with Gasteiger partial charge < -0.3 is 5.32 Å². The number of hydrogen-bond acceptors (Lipinski definition) is 6. The van der Waals surface area contributed by atoms with E-state index in [1.54, 1.807) is 30.0 Å². The highest BCUT2D eigenvalue weighted by atomic mass is 32.2. The number of benzene rings is 1. The van der Waals surface area contributed by atoms with Crippen molar-refractivity contribution in [2.24, 2.45) is 0 Å². The van der Waals surface area contributed by atoms with Crippen molar-refractivity contribution in [2.75, 3.05) is 15.8 Å². The third kappa shape index (κ3) is 5.93. The first kappa shape index (κ1) is 19.6. The van der Waals surface area contributed by atoms with Crippen LogP contribution in [0.4, 0.5) is 11.6 Å². The van der Waals surface area contributed by atoms with Crippen LogP contribution >= 0.6 is 11.8 Å². The molecular formula is C18H22N4O3S2. The predicted molar refractivity (Wildman–Crippen MR) is 107 cm³/mol. The lowest BCUT2D eigenvalue weighted by molar-refractivity contribution is -0.113. The Morgan fingerprint density at radius 2 is 1.74 bits per heavy atom. The Labute approximate surface area is 163 Å². The number of carbonyl (C=O) groups excluding carboxylic acids is 1. The highest BCUT2D eigenvalue weighted by molar-refractivity contribution is 8.00. The summed E-state index contributed by atoms with van der Waals surface area (Å²) in [4.78, 5) is 19.9. The van der Waals surface area contributed by atoms with E-state index in [4.69, 9.17) is 0 Å². The van der Waals surface area contributed by atoms with E-state index < -0.39 is 10.0 Å².